The Labute approximate surface area is 143 Å². The predicted octanol–water partition coefficient (Wildman–Crippen LogP) is 2.41. The van der Waals surface area contributed by atoms with E-state index in [4.69, 9.17) is 11.6 Å². The minimum absolute atomic E-state index is 0.0653. The van der Waals surface area contributed by atoms with Gasteiger partial charge in [-0.15, -0.1) is 0 Å². The lowest BCUT2D eigenvalue weighted by Gasteiger charge is -2.41. The Morgan fingerprint density at radius 2 is 1.96 bits per heavy atom. The lowest BCUT2D eigenvalue weighted by atomic mass is 10.1. The van der Waals surface area contributed by atoms with Gasteiger partial charge >= 0.3 is 0 Å². The van der Waals surface area contributed by atoms with Crippen LogP contribution in [0.25, 0.3) is 0 Å². The predicted molar refractivity (Wildman–Crippen MR) is 92.7 cm³/mol. The second-order valence-corrected chi connectivity index (χ2v) is 8.56. The summed E-state index contributed by atoms with van der Waals surface area (Å²) in [6, 6.07) is 7.33. The van der Waals surface area contributed by atoms with Crippen molar-refractivity contribution in [2.45, 2.75) is 38.3 Å². The molecule has 0 saturated carbocycles. The molecule has 2 saturated heterocycles. The Bertz CT molecular complexity index is 652. The fourth-order valence-corrected chi connectivity index (χ4v) is 5.80. The molecule has 5 nitrogen and oxygen atoms in total. The molecule has 0 spiro atoms. The van der Waals surface area contributed by atoms with Crippen molar-refractivity contribution in [2.75, 3.05) is 26.2 Å². The molecule has 23 heavy (non-hydrogen) atoms. The van der Waals surface area contributed by atoms with Crippen LogP contribution in [0.15, 0.2) is 24.3 Å². The highest BCUT2D eigenvalue weighted by Gasteiger charge is 2.40. The third kappa shape index (κ3) is 3.42. The van der Waals surface area contributed by atoms with Gasteiger partial charge in [-0.2, -0.15) is 17.0 Å². The fourth-order valence-electron chi connectivity index (χ4n) is 3.52. The van der Waals surface area contributed by atoms with Crippen LogP contribution in [0.5, 0.6) is 0 Å². The van der Waals surface area contributed by atoms with Crippen LogP contribution >= 0.6 is 11.6 Å². The van der Waals surface area contributed by atoms with E-state index in [0.717, 1.165) is 24.8 Å². The van der Waals surface area contributed by atoms with Crippen molar-refractivity contribution in [2.24, 2.45) is 0 Å². The maximum absolute atomic E-state index is 13.2. The summed E-state index contributed by atoms with van der Waals surface area (Å²) >= 11 is 6.32. The summed E-state index contributed by atoms with van der Waals surface area (Å²) in [5.74, 6) is 0. The highest BCUT2D eigenvalue weighted by atomic mass is 35.5. The van der Waals surface area contributed by atoms with Crippen molar-refractivity contribution >= 4 is 21.8 Å². The third-order valence-electron chi connectivity index (χ3n) is 4.79. The monoisotopic (exact) mass is 357 g/mol. The lowest BCUT2D eigenvalue weighted by molar-refractivity contribution is 0.210. The number of hydrogen-bond acceptors (Lipinski definition) is 3. The standard InChI is InChI=1S/C16H24ClN3O2S/c1-13-6-4-5-10-19(13)23(21,22)20-11-9-18-12-16(20)14-7-2-3-8-15(14)17/h2-3,7-8,13,16,18H,4-6,9-12H2,1H3. The molecule has 1 aromatic rings. The van der Waals surface area contributed by atoms with Crippen molar-refractivity contribution in [3.8, 4) is 0 Å². The van der Waals surface area contributed by atoms with E-state index in [1.807, 2.05) is 31.2 Å². The fraction of sp³-hybridized carbons (Fsp3) is 0.625. The number of piperazine rings is 1. The lowest BCUT2D eigenvalue weighted by Crippen LogP contribution is -2.55. The Morgan fingerprint density at radius 3 is 2.70 bits per heavy atom. The zero-order chi connectivity index (χ0) is 16.4. The molecule has 3 rings (SSSR count). The summed E-state index contributed by atoms with van der Waals surface area (Å²) in [6.45, 7) is 4.35. The maximum atomic E-state index is 13.2. The molecule has 128 valence electrons. The molecule has 2 aliphatic rings. The Hall–Kier alpha value is -0.660. The summed E-state index contributed by atoms with van der Waals surface area (Å²) in [5, 5.41) is 3.91. The van der Waals surface area contributed by atoms with E-state index in [1.54, 1.807) is 8.61 Å². The number of halogens is 1. The van der Waals surface area contributed by atoms with E-state index in [9.17, 15) is 8.42 Å². The molecule has 7 heteroatoms. The molecule has 0 bridgehead atoms. The van der Waals surface area contributed by atoms with Gasteiger partial charge < -0.3 is 5.32 Å². The molecular formula is C16H24ClN3O2S. The van der Waals surface area contributed by atoms with Crippen LogP contribution in [0.2, 0.25) is 5.02 Å². The van der Waals surface area contributed by atoms with E-state index in [0.29, 0.717) is 31.2 Å². The van der Waals surface area contributed by atoms with Gasteiger partial charge in [0.25, 0.3) is 10.2 Å². The maximum Gasteiger partial charge on any atom is 0.282 e. The van der Waals surface area contributed by atoms with Crippen molar-refractivity contribution in [3.63, 3.8) is 0 Å². The van der Waals surface area contributed by atoms with Crippen LogP contribution in [0, 0.1) is 0 Å². The zero-order valence-electron chi connectivity index (χ0n) is 13.4. The molecular weight excluding hydrogens is 334 g/mol. The molecule has 1 aromatic carbocycles. The Balaban J connectivity index is 1.93. The van der Waals surface area contributed by atoms with Gasteiger partial charge in [0.2, 0.25) is 0 Å². The van der Waals surface area contributed by atoms with Crippen molar-refractivity contribution in [1.82, 2.24) is 13.9 Å². The average molecular weight is 358 g/mol. The second-order valence-electron chi connectivity index (χ2n) is 6.32. The first kappa shape index (κ1) is 17.2. The molecule has 1 N–H and O–H groups in total. The molecule has 2 unspecified atom stereocenters. The number of rotatable bonds is 3. The van der Waals surface area contributed by atoms with Crippen molar-refractivity contribution < 1.29 is 8.42 Å². The number of hydrogen-bond donors (Lipinski definition) is 1. The Morgan fingerprint density at radius 1 is 1.17 bits per heavy atom. The SMILES string of the molecule is CC1CCCCN1S(=O)(=O)N1CCNCC1c1ccccc1Cl. The van der Waals surface area contributed by atoms with E-state index in [-0.39, 0.29) is 12.1 Å². The summed E-state index contributed by atoms with van der Waals surface area (Å²) in [7, 11) is -3.48. The highest BCUT2D eigenvalue weighted by molar-refractivity contribution is 7.86. The molecule has 0 aromatic heterocycles. The van der Waals surface area contributed by atoms with Crippen LogP contribution < -0.4 is 5.32 Å². The summed E-state index contributed by atoms with van der Waals surface area (Å²) in [4.78, 5) is 0. The number of nitrogens with one attached hydrogen (secondary N) is 1. The first-order valence-corrected chi connectivity index (χ1v) is 10.0. The second kappa shape index (κ2) is 7.07. The average Bonchev–Trinajstić information content (AvgIpc) is 2.55. The van der Waals surface area contributed by atoms with Gasteiger partial charge in [0.05, 0.1) is 6.04 Å². The van der Waals surface area contributed by atoms with Gasteiger partial charge in [0.1, 0.15) is 0 Å². The number of nitrogens with zero attached hydrogens (tertiary/aromatic N) is 2. The van der Waals surface area contributed by atoms with E-state index in [1.165, 1.54) is 0 Å². The molecule has 0 radical (unpaired) electrons. The van der Waals surface area contributed by atoms with Crippen molar-refractivity contribution in [1.29, 1.82) is 0 Å². The first-order valence-electron chi connectivity index (χ1n) is 8.25. The quantitative estimate of drug-likeness (QED) is 0.903. The molecule has 0 aliphatic carbocycles. The Kier molecular flexibility index (Phi) is 5.28. The van der Waals surface area contributed by atoms with Crippen LogP contribution in [0.3, 0.4) is 0 Å². The van der Waals surface area contributed by atoms with Crippen LogP contribution in [0.1, 0.15) is 37.8 Å². The van der Waals surface area contributed by atoms with Gasteiger partial charge in [-0.1, -0.05) is 36.2 Å². The van der Waals surface area contributed by atoms with E-state index in [2.05, 4.69) is 5.32 Å². The highest BCUT2D eigenvalue weighted by Crippen LogP contribution is 2.33. The van der Waals surface area contributed by atoms with Gasteiger partial charge in [-0.05, 0) is 31.4 Å². The minimum atomic E-state index is -3.48. The molecule has 2 atom stereocenters. The van der Waals surface area contributed by atoms with Crippen molar-refractivity contribution in [3.05, 3.63) is 34.9 Å². The first-order chi connectivity index (χ1) is 11.0. The van der Waals surface area contributed by atoms with E-state index < -0.39 is 10.2 Å². The van der Waals surface area contributed by atoms with Crippen LogP contribution in [-0.4, -0.2) is 49.2 Å². The topological polar surface area (TPSA) is 52.7 Å². The largest absolute Gasteiger partial charge is 0.313 e. The molecule has 0 amide bonds. The van der Waals surface area contributed by atoms with Crippen LogP contribution in [-0.2, 0) is 10.2 Å². The zero-order valence-corrected chi connectivity index (χ0v) is 15.0. The number of piperidine rings is 1. The van der Waals surface area contributed by atoms with Gasteiger partial charge in [-0.3, -0.25) is 0 Å². The summed E-state index contributed by atoms with van der Waals surface area (Å²) in [6.07, 6.45) is 2.97. The molecule has 2 aliphatic heterocycles. The van der Waals surface area contributed by atoms with Crippen LogP contribution in [0.4, 0.5) is 0 Å². The van der Waals surface area contributed by atoms with E-state index >= 15 is 0 Å². The van der Waals surface area contributed by atoms with Gasteiger partial charge in [0, 0.05) is 37.2 Å². The van der Waals surface area contributed by atoms with Gasteiger partial charge in [-0.25, -0.2) is 0 Å². The molecule has 2 fully saturated rings. The minimum Gasteiger partial charge on any atom is -0.313 e. The third-order valence-corrected chi connectivity index (χ3v) is 7.30. The summed E-state index contributed by atoms with van der Waals surface area (Å²) in [5.41, 5.74) is 0.870. The number of benzene rings is 1. The smallest absolute Gasteiger partial charge is 0.282 e. The normalized spacial score (nSPS) is 27.9. The molecule has 2 heterocycles. The van der Waals surface area contributed by atoms with Gasteiger partial charge in [0.15, 0.2) is 0 Å². The summed E-state index contributed by atoms with van der Waals surface area (Å²) < 4.78 is 29.8.